The third kappa shape index (κ3) is 7.98. The SMILES string of the molecule is CCCCCC(C=CC1C(=CN(C)C)C(=O)CC1OC1CCCCO1)OC1CCCCO1. The number of Topliss-reactive ketones (excluding diaryl/α,β-unsaturated/α-hetero) is 1. The van der Waals surface area contributed by atoms with Crippen LogP contribution in [0.15, 0.2) is 23.9 Å². The summed E-state index contributed by atoms with van der Waals surface area (Å²) in [6.45, 7) is 3.73. The van der Waals surface area contributed by atoms with Gasteiger partial charge in [-0.2, -0.15) is 0 Å². The Balaban J connectivity index is 1.72. The molecule has 3 fully saturated rings. The van der Waals surface area contributed by atoms with Gasteiger partial charge >= 0.3 is 0 Å². The predicted molar refractivity (Wildman–Crippen MR) is 125 cm³/mol. The summed E-state index contributed by atoms with van der Waals surface area (Å²) in [5.74, 6) is 0.0770. The zero-order valence-electron chi connectivity index (χ0n) is 20.3. The lowest BCUT2D eigenvalue weighted by Crippen LogP contribution is -2.30. The fourth-order valence-electron chi connectivity index (χ4n) is 4.69. The lowest BCUT2D eigenvalue weighted by atomic mass is 9.98. The minimum atomic E-state index is -0.205. The van der Waals surface area contributed by atoms with E-state index in [2.05, 4.69) is 19.1 Å². The lowest BCUT2D eigenvalue weighted by Gasteiger charge is -2.28. The zero-order valence-corrected chi connectivity index (χ0v) is 20.3. The Morgan fingerprint density at radius 3 is 2.41 bits per heavy atom. The van der Waals surface area contributed by atoms with E-state index < -0.39 is 0 Å². The molecule has 5 atom stereocenters. The van der Waals surface area contributed by atoms with Crippen LogP contribution in [0.4, 0.5) is 0 Å². The minimum Gasteiger partial charge on any atom is -0.383 e. The number of unbranched alkanes of at least 4 members (excludes halogenated alkanes) is 2. The van der Waals surface area contributed by atoms with Gasteiger partial charge in [-0.1, -0.05) is 38.3 Å². The summed E-state index contributed by atoms with van der Waals surface area (Å²) in [4.78, 5) is 14.8. The Hall–Kier alpha value is -1.21. The van der Waals surface area contributed by atoms with Crippen molar-refractivity contribution in [2.45, 2.75) is 102 Å². The Bertz CT molecular complexity index is 620. The molecule has 0 aromatic heterocycles. The van der Waals surface area contributed by atoms with Crippen LogP contribution in [0.5, 0.6) is 0 Å². The highest BCUT2D eigenvalue weighted by atomic mass is 16.7. The van der Waals surface area contributed by atoms with Gasteiger partial charge in [0.1, 0.15) is 0 Å². The topological polar surface area (TPSA) is 57.2 Å². The number of carbonyl (C=O) groups excluding carboxylic acids is 1. The molecule has 0 amide bonds. The lowest BCUT2D eigenvalue weighted by molar-refractivity contribution is -0.190. The quantitative estimate of drug-likeness (QED) is 0.252. The van der Waals surface area contributed by atoms with Crippen molar-refractivity contribution in [3.05, 3.63) is 23.9 Å². The summed E-state index contributed by atoms with van der Waals surface area (Å²) < 4.78 is 24.3. The molecule has 0 aromatic carbocycles. The molecule has 0 bridgehead atoms. The highest BCUT2D eigenvalue weighted by Gasteiger charge is 2.39. The van der Waals surface area contributed by atoms with Crippen molar-refractivity contribution >= 4 is 5.78 Å². The first-order valence-corrected chi connectivity index (χ1v) is 12.7. The van der Waals surface area contributed by atoms with Crippen LogP contribution in [-0.4, -0.2) is 62.8 Å². The molecule has 6 nitrogen and oxygen atoms in total. The molecule has 182 valence electrons. The molecule has 0 radical (unpaired) electrons. The van der Waals surface area contributed by atoms with Crippen LogP contribution in [0.3, 0.4) is 0 Å². The zero-order chi connectivity index (χ0) is 22.8. The Morgan fingerprint density at radius 2 is 1.78 bits per heavy atom. The first kappa shape index (κ1) is 25.4. The number of ketones is 1. The molecule has 0 aromatic rings. The van der Waals surface area contributed by atoms with Crippen LogP contribution >= 0.6 is 0 Å². The van der Waals surface area contributed by atoms with Gasteiger partial charge < -0.3 is 23.8 Å². The van der Waals surface area contributed by atoms with Crippen LogP contribution in [0.2, 0.25) is 0 Å². The molecule has 3 aliphatic rings. The Kier molecular flexibility index (Phi) is 10.7. The largest absolute Gasteiger partial charge is 0.383 e. The molecule has 1 aliphatic carbocycles. The molecule has 0 N–H and O–H groups in total. The van der Waals surface area contributed by atoms with Crippen molar-refractivity contribution in [1.29, 1.82) is 0 Å². The normalized spacial score (nSPS) is 31.5. The number of nitrogens with zero attached hydrogens (tertiary/aromatic N) is 1. The molecule has 2 aliphatic heterocycles. The summed E-state index contributed by atoms with van der Waals surface area (Å²) in [7, 11) is 3.91. The number of ether oxygens (including phenoxy) is 4. The van der Waals surface area contributed by atoms with E-state index >= 15 is 0 Å². The van der Waals surface area contributed by atoms with Gasteiger partial charge in [0.15, 0.2) is 18.4 Å². The molecule has 2 saturated heterocycles. The number of carbonyl (C=O) groups is 1. The second-order valence-corrected chi connectivity index (χ2v) is 9.52. The van der Waals surface area contributed by atoms with Gasteiger partial charge in [-0.3, -0.25) is 4.79 Å². The second-order valence-electron chi connectivity index (χ2n) is 9.52. The molecule has 5 unspecified atom stereocenters. The van der Waals surface area contributed by atoms with Crippen LogP contribution in [0.1, 0.15) is 77.6 Å². The third-order valence-electron chi connectivity index (χ3n) is 6.42. The van der Waals surface area contributed by atoms with Crippen LogP contribution < -0.4 is 0 Å². The summed E-state index contributed by atoms with van der Waals surface area (Å²) in [5, 5.41) is 0. The highest BCUT2D eigenvalue weighted by molar-refractivity contribution is 5.99. The van der Waals surface area contributed by atoms with E-state index in [0.717, 1.165) is 70.2 Å². The van der Waals surface area contributed by atoms with Gasteiger partial charge in [-0.05, 0) is 44.9 Å². The van der Waals surface area contributed by atoms with Crippen molar-refractivity contribution in [3.8, 4) is 0 Å². The van der Waals surface area contributed by atoms with Crippen molar-refractivity contribution in [1.82, 2.24) is 4.90 Å². The van der Waals surface area contributed by atoms with Gasteiger partial charge in [0.2, 0.25) is 0 Å². The van der Waals surface area contributed by atoms with Crippen molar-refractivity contribution in [2.24, 2.45) is 5.92 Å². The van der Waals surface area contributed by atoms with E-state index in [1.54, 1.807) is 0 Å². The number of hydrogen-bond donors (Lipinski definition) is 0. The summed E-state index contributed by atoms with van der Waals surface area (Å²) >= 11 is 0. The summed E-state index contributed by atoms with van der Waals surface area (Å²) in [5.41, 5.74) is 0.813. The van der Waals surface area contributed by atoms with Crippen LogP contribution in [0.25, 0.3) is 0 Å². The summed E-state index contributed by atoms with van der Waals surface area (Å²) in [6, 6.07) is 0. The van der Waals surface area contributed by atoms with Gasteiger partial charge in [0.05, 0.1) is 12.2 Å². The molecule has 3 rings (SSSR count). The smallest absolute Gasteiger partial charge is 0.163 e. The van der Waals surface area contributed by atoms with Gasteiger partial charge in [-0.15, -0.1) is 0 Å². The molecule has 2 heterocycles. The number of hydrogen-bond acceptors (Lipinski definition) is 6. The van der Waals surface area contributed by atoms with E-state index in [1.807, 2.05) is 25.2 Å². The molecule has 6 heteroatoms. The fraction of sp³-hybridized carbons (Fsp3) is 0.808. The average molecular weight is 450 g/mol. The van der Waals surface area contributed by atoms with Crippen LogP contribution in [0, 0.1) is 5.92 Å². The average Bonchev–Trinajstić information content (AvgIpc) is 3.06. The molecule has 32 heavy (non-hydrogen) atoms. The van der Waals surface area contributed by atoms with Crippen molar-refractivity contribution in [2.75, 3.05) is 27.3 Å². The van der Waals surface area contributed by atoms with E-state index in [-0.39, 0.29) is 36.5 Å². The maximum atomic E-state index is 12.8. The Labute approximate surface area is 194 Å². The van der Waals surface area contributed by atoms with Crippen molar-refractivity contribution < 1.29 is 23.7 Å². The monoisotopic (exact) mass is 449 g/mol. The summed E-state index contributed by atoms with van der Waals surface area (Å²) in [6.07, 6.45) is 16.9. The second kappa shape index (κ2) is 13.5. The van der Waals surface area contributed by atoms with Gasteiger partial charge in [0, 0.05) is 51.4 Å². The predicted octanol–water partition coefficient (Wildman–Crippen LogP) is 4.98. The van der Waals surface area contributed by atoms with E-state index in [4.69, 9.17) is 18.9 Å². The Morgan fingerprint density at radius 1 is 1.06 bits per heavy atom. The highest BCUT2D eigenvalue weighted by Crippen LogP contribution is 2.35. The fourth-order valence-corrected chi connectivity index (χ4v) is 4.69. The van der Waals surface area contributed by atoms with E-state index in [1.165, 1.54) is 12.8 Å². The standard InChI is InChI=1S/C26H43NO5/c1-4-5-6-11-20(31-25-12-7-9-16-29-25)14-15-21-22(19-27(2)3)23(28)18-24(21)32-26-13-8-10-17-30-26/h14-15,19-21,24-26H,4-13,16-18H2,1-3H3. The molecule has 0 spiro atoms. The maximum Gasteiger partial charge on any atom is 0.163 e. The third-order valence-corrected chi connectivity index (χ3v) is 6.42. The van der Waals surface area contributed by atoms with Crippen LogP contribution in [-0.2, 0) is 23.7 Å². The molecular formula is C26H43NO5. The maximum absolute atomic E-state index is 12.8. The molecular weight excluding hydrogens is 406 g/mol. The first-order valence-electron chi connectivity index (χ1n) is 12.7. The van der Waals surface area contributed by atoms with Crippen molar-refractivity contribution in [3.63, 3.8) is 0 Å². The first-order chi connectivity index (χ1) is 15.6. The van der Waals surface area contributed by atoms with E-state index in [0.29, 0.717) is 6.42 Å². The number of rotatable bonds is 11. The van der Waals surface area contributed by atoms with Gasteiger partial charge in [-0.25, -0.2) is 0 Å². The van der Waals surface area contributed by atoms with Gasteiger partial charge in [0.25, 0.3) is 0 Å². The van der Waals surface area contributed by atoms with E-state index in [9.17, 15) is 4.79 Å². The molecule has 1 saturated carbocycles. The minimum absolute atomic E-state index is 0.00691.